The highest BCUT2D eigenvalue weighted by Crippen LogP contribution is 2.59. The van der Waals surface area contributed by atoms with Gasteiger partial charge >= 0.3 is 0 Å². The van der Waals surface area contributed by atoms with Crippen LogP contribution >= 0.6 is 0 Å². The average Bonchev–Trinajstić information content (AvgIpc) is 2.49. The van der Waals surface area contributed by atoms with Crippen molar-refractivity contribution in [1.82, 2.24) is 0 Å². The van der Waals surface area contributed by atoms with E-state index in [1.54, 1.807) is 0 Å². The van der Waals surface area contributed by atoms with Crippen LogP contribution in [0.4, 0.5) is 0 Å². The first-order valence-electron chi connectivity index (χ1n) is 6.85. The van der Waals surface area contributed by atoms with E-state index in [9.17, 15) is 5.11 Å². The van der Waals surface area contributed by atoms with E-state index >= 15 is 0 Å². The fraction of sp³-hybridized carbons (Fsp3) is 1.00. The fourth-order valence-corrected chi connectivity index (χ4v) is 4.04. The molecule has 4 unspecified atom stereocenters. The predicted molar refractivity (Wildman–Crippen MR) is 65.1 cm³/mol. The van der Waals surface area contributed by atoms with Gasteiger partial charge in [-0.15, -0.1) is 0 Å². The third kappa shape index (κ3) is 1.80. The van der Waals surface area contributed by atoms with Crippen molar-refractivity contribution in [1.29, 1.82) is 0 Å². The summed E-state index contributed by atoms with van der Waals surface area (Å²) in [5.41, 5.74) is -0.256. The van der Waals surface area contributed by atoms with Crippen molar-refractivity contribution in [2.45, 2.75) is 64.4 Å². The Hall–Kier alpha value is -0.0800. The Kier molecular flexibility index (Phi) is 3.33. The predicted octanol–water partition coefficient (Wildman–Crippen LogP) is 2.73. The van der Waals surface area contributed by atoms with Crippen LogP contribution < -0.4 is 0 Å². The molecule has 2 nitrogen and oxygen atoms in total. The van der Waals surface area contributed by atoms with Crippen LogP contribution in [0.2, 0.25) is 0 Å². The van der Waals surface area contributed by atoms with Gasteiger partial charge in [0.15, 0.2) is 0 Å². The third-order valence-electron chi connectivity index (χ3n) is 5.61. The zero-order valence-electron chi connectivity index (χ0n) is 10.7. The van der Waals surface area contributed by atoms with E-state index in [0.29, 0.717) is 18.4 Å². The van der Waals surface area contributed by atoms with Gasteiger partial charge in [0.25, 0.3) is 0 Å². The molecule has 0 aromatic rings. The van der Waals surface area contributed by atoms with Gasteiger partial charge in [0.05, 0.1) is 5.60 Å². The smallest absolute Gasteiger partial charge is 0.0706 e. The van der Waals surface area contributed by atoms with Crippen LogP contribution in [0.15, 0.2) is 0 Å². The fourth-order valence-electron chi connectivity index (χ4n) is 4.04. The van der Waals surface area contributed by atoms with E-state index in [4.69, 9.17) is 5.11 Å². The van der Waals surface area contributed by atoms with Crippen LogP contribution in [-0.2, 0) is 0 Å². The molecule has 0 aromatic carbocycles. The quantitative estimate of drug-likeness (QED) is 0.777. The summed E-state index contributed by atoms with van der Waals surface area (Å²) in [4.78, 5) is 0. The van der Waals surface area contributed by atoms with Gasteiger partial charge in [-0.1, -0.05) is 13.8 Å². The second-order valence-corrected chi connectivity index (χ2v) is 6.36. The van der Waals surface area contributed by atoms with Crippen molar-refractivity contribution in [3.63, 3.8) is 0 Å². The molecule has 0 bridgehead atoms. The molecule has 0 saturated heterocycles. The van der Waals surface area contributed by atoms with Gasteiger partial charge < -0.3 is 10.2 Å². The minimum absolute atomic E-state index is 0.155. The highest BCUT2D eigenvalue weighted by molar-refractivity contribution is 5.07. The van der Waals surface area contributed by atoms with Crippen LogP contribution in [-0.4, -0.2) is 22.4 Å². The van der Waals surface area contributed by atoms with Crippen molar-refractivity contribution in [3.05, 3.63) is 0 Å². The number of hydrogen-bond donors (Lipinski definition) is 2. The largest absolute Gasteiger partial charge is 0.396 e. The molecule has 2 saturated carbocycles. The monoisotopic (exact) mass is 226 g/mol. The molecule has 2 N–H and O–H groups in total. The van der Waals surface area contributed by atoms with Gasteiger partial charge in [-0.05, 0) is 62.2 Å². The summed E-state index contributed by atoms with van der Waals surface area (Å²) in [6.07, 6.45) is 7.52. The molecule has 0 aliphatic heterocycles. The number of aliphatic hydroxyl groups is 2. The SMILES string of the molecule is CC1CCC2(O)CC(CCCO)CCC12C. The van der Waals surface area contributed by atoms with Crippen LogP contribution in [0.25, 0.3) is 0 Å². The number of fused-ring (bicyclic) bond motifs is 1. The first-order valence-corrected chi connectivity index (χ1v) is 6.85. The normalized spacial score (nSPS) is 48.0. The van der Waals surface area contributed by atoms with Crippen molar-refractivity contribution < 1.29 is 10.2 Å². The number of aliphatic hydroxyl groups excluding tert-OH is 1. The second-order valence-electron chi connectivity index (χ2n) is 6.36. The Bertz CT molecular complexity index is 253. The molecular weight excluding hydrogens is 200 g/mol. The summed E-state index contributed by atoms with van der Waals surface area (Å²) in [7, 11) is 0. The van der Waals surface area contributed by atoms with Crippen molar-refractivity contribution >= 4 is 0 Å². The lowest BCUT2D eigenvalue weighted by Gasteiger charge is -2.49. The minimum Gasteiger partial charge on any atom is -0.396 e. The van der Waals surface area contributed by atoms with Crippen LogP contribution in [0, 0.1) is 17.3 Å². The molecule has 4 atom stereocenters. The van der Waals surface area contributed by atoms with Gasteiger partial charge in [0.1, 0.15) is 0 Å². The zero-order valence-corrected chi connectivity index (χ0v) is 10.7. The summed E-state index contributed by atoms with van der Waals surface area (Å²) in [6, 6.07) is 0. The summed E-state index contributed by atoms with van der Waals surface area (Å²) in [5.74, 6) is 1.30. The van der Waals surface area contributed by atoms with E-state index in [0.717, 1.165) is 25.7 Å². The lowest BCUT2D eigenvalue weighted by molar-refractivity contribution is -0.113. The first-order chi connectivity index (χ1) is 7.52. The summed E-state index contributed by atoms with van der Waals surface area (Å²) in [6.45, 7) is 4.88. The van der Waals surface area contributed by atoms with E-state index < -0.39 is 5.60 Å². The molecule has 0 aromatic heterocycles. The topological polar surface area (TPSA) is 40.5 Å². The molecular formula is C14H26O2. The Morgan fingerprint density at radius 3 is 2.69 bits per heavy atom. The first kappa shape index (κ1) is 12.4. The van der Waals surface area contributed by atoms with Gasteiger partial charge in [0.2, 0.25) is 0 Å². The molecule has 0 spiro atoms. The molecule has 2 fully saturated rings. The van der Waals surface area contributed by atoms with E-state index in [1.807, 2.05) is 0 Å². The maximum absolute atomic E-state index is 10.8. The van der Waals surface area contributed by atoms with Gasteiger partial charge in [-0.25, -0.2) is 0 Å². The Labute approximate surface area is 99.1 Å². The molecule has 94 valence electrons. The van der Waals surface area contributed by atoms with E-state index in [1.165, 1.54) is 19.3 Å². The maximum atomic E-state index is 10.8. The van der Waals surface area contributed by atoms with Crippen LogP contribution in [0.1, 0.15) is 58.8 Å². The van der Waals surface area contributed by atoms with Gasteiger partial charge in [0, 0.05) is 6.61 Å². The van der Waals surface area contributed by atoms with Gasteiger partial charge in [-0.3, -0.25) is 0 Å². The summed E-state index contributed by atoms with van der Waals surface area (Å²) < 4.78 is 0. The summed E-state index contributed by atoms with van der Waals surface area (Å²) in [5, 5.41) is 19.7. The Balaban J connectivity index is 2.03. The van der Waals surface area contributed by atoms with Crippen LogP contribution in [0.3, 0.4) is 0 Å². The molecule has 2 aliphatic carbocycles. The highest BCUT2D eigenvalue weighted by Gasteiger charge is 2.56. The highest BCUT2D eigenvalue weighted by atomic mass is 16.3. The molecule has 16 heavy (non-hydrogen) atoms. The van der Waals surface area contributed by atoms with Crippen molar-refractivity contribution in [2.24, 2.45) is 17.3 Å². The Morgan fingerprint density at radius 2 is 2.00 bits per heavy atom. The standard InChI is InChI=1S/C14H26O2/c1-11-5-8-14(16)10-12(4-3-9-15)6-7-13(11,14)2/h11-12,15-16H,3-10H2,1-2H3. The van der Waals surface area contributed by atoms with Crippen molar-refractivity contribution in [3.8, 4) is 0 Å². The molecule has 0 heterocycles. The molecule has 0 amide bonds. The van der Waals surface area contributed by atoms with Gasteiger partial charge in [-0.2, -0.15) is 0 Å². The lowest BCUT2D eigenvalue weighted by Crippen LogP contribution is -2.49. The maximum Gasteiger partial charge on any atom is 0.0706 e. The summed E-state index contributed by atoms with van der Waals surface area (Å²) >= 11 is 0. The molecule has 0 radical (unpaired) electrons. The number of hydrogen-bond acceptors (Lipinski definition) is 2. The Morgan fingerprint density at radius 1 is 1.25 bits per heavy atom. The second kappa shape index (κ2) is 4.30. The lowest BCUT2D eigenvalue weighted by atomic mass is 9.60. The molecule has 2 rings (SSSR count). The third-order valence-corrected chi connectivity index (χ3v) is 5.61. The zero-order chi connectivity index (χ0) is 11.8. The van der Waals surface area contributed by atoms with E-state index in [2.05, 4.69) is 13.8 Å². The molecule has 2 aliphatic rings. The van der Waals surface area contributed by atoms with Crippen molar-refractivity contribution in [2.75, 3.05) is 6.61 Å². The van der Waals surface area contributed by atoms with E-state index in [-0.39, 0.29) is 5.41 Å². The number of rotatable bonds is 3. The molecule has 2 heteroatoms. The average molecular weight is 226 g/mol. The van der Waals surface area contributed by atoms with Crippen LogP contribution in [0.5, 0.6) is 0 Å². The minimum atomic E-state index is -0.412.